The molecule has 2 aliphatic carbocycles. The minimum atomic E-state index is -0.369. The summed E-state index contributed by atoms with van der Waals surface area (Å²) in [6.45, 7) is 0.972. The zero-order chi connectivity index (χ0) is 14.4. The summed E-state index contributed by atoms with van der Waals surface area (Å²) in [4.78, 5) is 14.9. The molecule has 2 saturated carbocycles. The van der Waals surface area contributed by atoms with Crippen LogP contribution in [0.25, 0.3) is 10.9 Å². The number of nitro groups is 1. The Morgan fingerprint density at radius 1 is 1.33 bits per heavy atom. The smallest absolute Gasteiger partial charge is 0.295 e. The van der Waals surface area contributed by atoms with Gasteiger partial charge in [0.05, 0.1) is 4.92 Å². The van der Waals surface area contributed by atoms with Crippen molar-refractivity contribution in [1.29, 1.82) is 0 Å². The summed E-state index contributed by atoms with van der Waals surface area (Å²) in [6, 6.07) is 7.08. The third-order valence-corrected chi connectivity index (χ3v) is 4.91. The van der Waals surface area contributed by atoms with Gasteiger partial charge in [0.1, 0.15) is 5.52 Å². The maximum Gasteiger partial charge on any atom is 0.295 e. The third kappa shape index (κ3) is 2.13. The van der Waals surface area contributed by atoms with Crippen molar-refractivity contribution >= 4 is 22.3 Å². The number of fused-ring (bicyclic) bond motifs is 1. The minimum absolute atomic E-state index is 0.0690. The Balaban J connectivity index is 1.66. The van der Waals surface area contributed by atoms with Crippen LogP contribution in [0.5, 0.6) is 0 Å². The molecule has 2 fully saturated rings. The van der Waals surface area contributed by atoms with E-state index in [0.29, 0.717) is 10.9 Å². The fourth-order valence-corrected chi connectivity index (χ4v) is 3.32. The lowest BCUT2D eigenvalue weighted by molar-refractivity contribution is -0.383. The quantitative estimate of drug-likeness (QED) is 0.670. The number of rotatable bonds is 5. The fourth-order valence-electron chi connectivity index (χ4n) is 3.32. The molecule has 0 amide bonds. The summed E-state index contributed by atoms with van der Waals surface area (Å²) >= 11 is 0. The molecule has 0 atom stereocenters. The van der Waals surface area contributed by atoms with Crippen LogP contribution >= 0.6 is 0 Å². The number of nitrogens with zero attached hydrogens (tertiary/aromatic N) is 2. The highest BCUT2D eigenvalue weighted by atomic mass is 16.6. The largest absolute Gasteiger partial charge is 0.384 e. The number of aromatic nitrogens is 1. The number of non-ortho nitro benzene ring substituents is 1. The van der Waals surface area contributed by atoms with E-state index in [9.17, 15) is 10.1 Å². The highest BCUT2D eigenvalue weighted by Gasteiger charge is 2.53. The first-order valence-corrected chi connectivity index (χ1v) is 7.46. The van der Waals surface area contributed by atoms with E-state index in [4.69, 9.17) is 0 Å². The second-order valence-electron chi connectivity index (χ2n) is 6.28. The third-order valence-electron chi connectivity index (χ3n) is 4.91. The predicted octanol–water partition coefficient (Wildman–Crippen LogP) is 3.75. The van der Waals surface area contributed by atoms with Crippen molar-refractivity contribution in [3.8, 4) is 0 Å². The molecule has 0 unspecified atom stereocenters. The molecule has 21 heavy (non-hydrogen) atoms. The van der Waals surface area contributed by atoms with Crippen molar-refractivity contribution in [2.45, 2.75) is 25.7 Å². The Morgan fingerprint density at radius 3 is 2.81 bits per heavy atom. The maximum atomic E-state index is 11.1. The maximum absolute atomic E-state index is 11.1. The van der Waals surface area contributed by atoms with Crippen molar-refractivity contribution in [1.82, 2.24) is 4.98 Å². The molecule has 108 valence electrons. The Kier molecular flexibility index (Phi) is 2.64. The summed E-state index contributed by atoms with van der Waals surface area (Å²) in [5.41, 5.74) is 1.98. The Hall–Kier alpha value is -2.17. The van der Waals surface area contributed by atoms with Crippen LogP contribution in [0.1, 0.15) is 25.7 Å². The Morgan fingerprint density at radius 2 is 2.14 bits per heavy atom. The molecule has 1 N–H and O–H groups in total. The molecule has 4 rings (SSSR count). The van der Waals surface area contributed by atoms with E-state index >= 15 is 0 Å². The number of nitrogens with one attached hydrogen (secondary N) is 1. The summed E-state index contributed by atoms with van der Waals surface area (Å²) < 4.78 is 0. The number of benzene rings is 1. The van der Waals surface area contributed by atoms with E-state index in [-0.39, 0.29) is 10.6 Å². The molecule has 0 saturated heterocycles. The van der Waals surface area contributed by atoms with Gasteiger partial charge >= 0.3 is 0 Å². The van der Waals surface area contributed by atoms with E-state index < -0.39 is 0 Å². The van der Waals surface area contributed by atoms with Gasteiger partial charge in [-0.1, -0.05) is 0 Å². The van der Waals surface area contributed by atoms with Crippen LogP contribution in [0.3, 0.4) is 0 Å². The molecule has 5 nitrogen and oxygen atoms in total. The molecular weight excluding hydrogens is 266 g/mol. The van der Waals surface area contributed by atoms with Gasteiger partial charge in [0, 0.05) is 29.9 Å². The summed E-state index contributed by atoms with van der Waals surface area (Å²) in [6.07, 6.45) is 6.96. The van der Waals surface area contributed by atoms with E-state index in [2.05, 4.69) is 10.3 Å². The van der Waals surface area contributed by atoms with Crippen LogP contribution in [-0.2, 0) is 0 Å². The standard InChI is InChI=1S/C16H17N3O2/c20-19(21)14-6-5-13(12-2-1-9-17-15(12)14)18-10-16(7-8-16)11-3-4-11/h1-2,5-6,9,11,18H,3-4,7-8,10H2. The van der Waals surface area contributed by atoms with Gasteiger partial charge in [0.15, 0.2) is 0 Å². The van der Waals surface area contributed by atoms with Gasteiger partial charge in [0.25, 0.3) is 5.69 Å². The van der Waals surface area contributed by atoms with Crippen molar-refractivity contribution in [3.63, 3.8) is 0 Å². The predicted molar refractivity (Wildman–Crippen MR) is 81.3 cm³/mol. The fraction of sp³-hybridized carbons (Fsp3) is 0.438. The van der Waals surface area contributed by atoms with Crippen molar-refractivity contribution in [2.24, 2.45) is 11.3 Å². The van der Waals surface area contributed by atoms with Crippen LogP contribution in [0.2, 0.25) is 0 Å². The molecule has 1 aromatic carbocycles. The Bertz CT molecular complexity index is 721. The van der Waals surface area contributed by atoms with E-state index in [0.717, 1.165) is 23.5 Å². The monoisotopic (exact) mass is 283 g/mol. The van der Waals surface area contributed by atoms with E-state index in [1.165, 1.54) is 25.7 Å². The average Bonchev–Trinajstić information content (AvgIpc) is 3.37. The number of anilines is 1. The van der Waals surface area contributed by atoms with E-state index in [1.54, 1.807) is 12.3 Å². The SMILES string of the molecule is O=[N+]([O-])c1ccc(NCC2(C3CC3)CC2)c2cccnc12. The zero-order valence-electron chi connectivity index (χ0n) is 11.7. The average molecular weight is 283 g/mol. The van der Waals surface area contributed by atoms with Crippen molar-refractivity contribution in [2.75, 3.05) is 11.9 Å². The summed E-state index contributed by atoms with van der Waals surface area (Å²) in [7, 11) is 0. The molecule has 1 aromatic heterocycles. The van der Waals surface area contributed by atoms with Crippen LogP contribution in [-0.4, -0.2) is 16.5 Å². The van der Waals surface area contributed by atoms with E-state index in [1.807, 2.05) is 18.2 Å². The second-order valence-corrected chi connectivity index (χ2v) is 6.28. The number of hydrogen-bond donors (Lipinski definition) is 1. The lowest BCUT2D eigenvalue weighted by Crippen LogP contribution is -2.17. The molecule has 0 aliphatic heterocycles. The normalized spacial score (nSPS) is 19.4. The molecule has 2 aliphatic rings. The molecule has 0 radical (unpaired) electrons. The highest BCUT2D eigenvalue weighted by Crippen LogP contribution is 2.61. The van der Waals surface area contributed by atoms with Crippen LogP contribution in [0.4, 0.5) is 11.4 Å². The number of pyridine rings is 1. The van der Waals surface area contributed by atoms with Crippen LogP contribution < -0.4 is 5.32 Å². The Labute approximate surface area is 122 Å². The van der Waals surface area contributed by atoms with Gasteiger partial charge in [-0.05, 0) is 55.2 Å². The first-order chi connectivity index (χ1) is 10.2. The van der Waals surface area contributed by atoms with Gasteiger partial charge in [-0.25, -0.2) is 4.98 Å². The summed E-state index contributed by atoms with van der Waals surface area (Å²) in [5.74, 6) is 0.896. The first kappa shape index (κ1) is 12.6. The van der Waals surface area contributed by atoms with Crippen molar-refractivity contribution in [3.05, 3.63) is 40.6 Å². The molecule has 2 aromatic rings. The van der Waals surface area contributed by atoms with Gasteiger partial charge < -0.3 is 5.32 Å². The van der Waals surface area contributed by atoms with Crippen LogP contribution in [0.15, 0.2) is 30.5 Å². The van der Waals surface area contributed by atoms with Gasteiger partial charge in [-0.3, -0.25) is 10.1 Å². The summed E-state index contributed by atoms with van der Waals surface area (Å²) in [5, 5.41) is 15.4. The molecule has 1 heterocycles. The van der Waals surface area contributed by atoms with Crippen molar-refractivity contribution < 1.29 is 4.92 Å². The number of nitro benzene ring substituents is 1. The second kappa shape index (κ2) is 4.41. The van der Waals surface area contributed by atoms with Crippen LogP contribution in [0, 0.1) is 21.4 Å². The van der Waals surface area contributed by atoms with Gasteiger partial charge in [-0.15, -0.1) is 0 Å². The van der Waals surface area contributed by atoms with Gasteiger partial charge in [0.2, 0.25) is 0 Å². The number of hydrogen-bond acceptors (Lipinski definition) is 4. The lowest BCUT2D eigenvalue weighted by Gasteiger charge is -2.17. The topological polar surface area (TPSA) is 68.1 Å². The molecule has 5 heteroatoms. The lowest BCUT2D eigenvalue weighted by atomic mass is 10.0. The zero-order valence-corrected chi connectivity index (χ0v) is 11.7. The molecule has 0 spiro atoms. The molecule has 0 bridgehead atoms. The highest BCUT2D eigenvalue weighted by molar-refractivity contribution is 5.96. The molecular formula is C16H17N3O2. The first-order valence-electron chi connectivity index (χ1n) is 7.46. The minimum Gasteiger partial charge on any atom is -0.384 e. The van der Waals surface area contributed by atoms with Gasteiger partial charge in [-0.2, -0.15) is 0 Å².